The number of benzene rings is 1. The molecule has 3 rings (SSSR count). The first-order valence-electron chi connectivity index (χ1n) is 7.59. The van der Waals surface area contributed by atoms with Crippen molar-refractivity contribution in [3.05, 3.63) is 47.7 Å². The molecule has 5 heteroatoms. The Hall–Kier alpha value is -2.69. The van der Waals surface area contributed by atoms with E-state index < -0.39 is 5.41 Å². The zero-order valence-corrected chi connectivity index (χ0v) is 12.8. The average molecular weight is 311 g/mol. The van der Waals surface area contributed by atoms with Crippen LogP contribution in [-0.2, 0) is 15.0 Å². The van der Waals surface area contributed by atoms with Gasteiger partial charge in [-0.2, -0.15) is 0 Å². The maximum absolute atomic E-state index is 12.4. The molecule has 0 aliphatic carbocycles. The van der Waals surface area contributed by atoms with Crippen LogP contribution in [0.1, 0.15) is 42.3 Å². The summed E-state index contributed by atoms with van der Waals surface area (Å²) in [6, 6.07) is 10.9. The van der Waals surface area contributed by atoms with Gasteiger partial charge in [-0.15, -0.1) is 0 Å². The van der Waals surface area contributed by atoms with Gasteiger partial charge in [0.1, 0.15) is 5.76 Å². The van der Waals surface area contributed by atoms with Crippen molar-refractivity contribution in [3.63, 3.8) is 0 Å². The molecular formula is C18H17NO4. The lowest BCUT2D eigenvalue weighted by Gasteiger charge is -2.35. The Balaban J connectivity index is 1.92. The molecule has 118 valence electrons. The molecule has 1 fully saturated rings. The van der Waals surface area contributed by atoms with Crippen molar-refractivity contribution in [3.8, 4) is 11.3 Å². The highest BCUT2D eigenvalue weighted by Crippen LogP contribution is 2.36. The number of piperidine rings is 1. The van der Waals surface area contributed by atoms with Gasteiger partial charge in [-0.1, -0.05) is 31.2 Å². The molecule has 0 saturated carbocycles. The van der Waals surface area contributed by atoms with Crippen molar-refractivity contribution in [2.75, 3.05) is 0 Å². The van der Waals surface area contributed by atoms with E-state index in [1.165, 1.54) is 0 Å². The number of rotatable bonds is 4. The lowest BCUT2D eigenvalue weighted by atomic mass is 9.72. The van der Waals surface area contributed by atoms with Gasteiger partial charge in [-0.3, -0.25) is 19.7 Å². The largest absolute Gasteiger partial charge is 0.453 e. The van der Waals surface area contributed by atoms with Gasteiger partial charge in [-0.05, 0) is 30.5 Å². The number of hydrogen-bond donors (Lipinski definition) is 1. The summed E-state index contributed by atoms with van der Waals surface area (Å²) in [5.41, 5.74) is 1.06. The predicted molar refractivity (Wildman–Crippen MR) is 83.9 cm³/mol. The summed E-state index contributed by atoms with van der Waals surface area (Å²) < 4.78 is 5.40. The third kappa shape index (κ3) is 2.59. The summed E-state index contributed by atoms with van der Waals surface area (Å²) in [7, 11) is 0. The highest BCUT2D eigenvalue weighted by Gasteiger charge is 2.42. The minimum absolute atomic E-state index is 0.215. The second-order valence-electron chi connectivity index (χ2n) is 5.71. The van der Waals surface area contributed by atoms with Crippen LogP contribution in [-0.4, -0.2) is 18.1 Å². The van der Waals surface area contributed by atoms with E-state index in [-0.39, 0.29) is 17.6 Å². The molecule has 2 amide bonds. The number of imide groups is 1. The first-order valence-corrected chi connectivity index (χ1v) is 7.59. The molecule has 1 aliphatic rings. The Morgan fingerprint density at radius 2 is 1.91 bits per heavy atom. The normalized spacial score (nSPS) is 21.1. The number of hydrogen-bond acceptors (Lipinski definition) is 4. The second kappa shape index (κ2) is 5.83. The SMILES string of the molecule is CCC1(c2ccc(-c3ccc(C=O)o3)cc2)CCC(=O)NC1=O. The van der Waals surface area contributed by atoms with E-state index in [9.17, 15) is 14.4 Å². The third-order valence-corrected chi connectivity index (χ3v) is 4.53. The minimum Gasteiger partial charge on any atom is -0.453 e. The van der Waals surface area contributed by atoms with Crippen LogP contribution in [0.4, 0.5) is 0 Å². The van der Waals surface area contributed by atoms with Crippen molar-refractivity contribution in [1.29, 1.82) is 0 Å². The van der Waals surface area contributed by atoms with Crippen LogP contribution in [0.25, 0.3) is 11.3 Å². The number of amides is 2. The Morgan fingerprint density at radius 3 is 2.48 bits per heavy atom. The third-order valence-electron chi connectivity index (χ3n) is 4.53. The van der Waals surface area contributed by atoms with Gasteiger partial charge in [0, 0.05) is 12.0 Å². The molecule has 0 bridgehead atoms. The van der Waals surface area contributed by atoms with Crippen molar-refractivity contribution < 1.29 is 18.8 Å². The van der Waals surface area contributed by atoms with E-state index in [4.69, 9.17) is 4.42 Å². The van der Waals surface area contributed by atoms with Crippen LogP contribution in [0.15, 0.2) is 40.8 Å². The van der Waals surface area contributed by atoms with E-state index in [1.807, 2.05) is 31.2 Å². The van der Waals surface area contributed by atoms with Gasteiger partial charge < -0.3 is 4.42 Å². The van der Waals surface area contributed by atoms with E-state index in [0.717, 1.165) is 11.1 Å². The van der Waals surface area contributed by atoms with Gasteiger partial charge in [0.15, 0.2) is 12.0 Å². The topological polar surface area (TPSA) is 76.4 Å². The maximum Gasteiger partial charge on any atom is 0.237 e. The van der Waals surface area contributed by atoms with Crippen LogP contribution < -0.4 is 5.32 Å². The van der Waals surface area contributed by atoms with Gasteiger partial charge in [0.2, 0.25) is 11.8 Å². The molecule has 0 radical (unpaired) electrons. The molecule has 1 aliphatic heterocycles. The number of aldehydes is 1. The molecule has 1 saturated heterocycles. The molecule has 5 nitrogen and oxygen atoms in total. The zero-order valence-electron chi connectivity index (χ0n) is 12.8. The van der Waals surface area contributed by atoms with Crippen molar-refractivity contribution in [2.24, 2.45) is 0 Å². The van der Waals surface area contributed by atoms with Crippen LogP contribution in [0.3, 0.4) is 0 Å². The van der Waals surface area contributed by atoms with E-state index in [2.05, 4.69) is 5.32 Å². The van der Waals surface area contributed by atoms with Gasteiger partial charge >= 0.3 is 0 Å². The molecule has 1 aromatic heterocycles. The molecule has 1 unspecified atom stereocenters. The fraction of sp³-hybridized carbons (Fsp3) is 0.278. The van der Waals surface area contributed by atoms with E-state index in [1.54, 1.807) is 12.1 Å². The van der Waals surface area contributed by atoms with Crippen LogP contribution >= 0.6 is 0 Å². The van der Waals surface area contributed by atoms with Crippen LogP contribution in [0, 0.1) is 0 Å². The van der Waals surface area contributed by atoms with Crippen molar-refractivity contribution in [1.82, 2.24) is 5.32 Å². The highest BCUT2D eigenvalue weighted by atomic mass is 16.3. The lowest BCUT2D eigenvalue weighted by molar-refractivity contribution is -0.138. The Labute approximate surface area is 133 Å². The minimum atomic E-state index is -0.663. The number of furan rings is 1. The summed E-state index contributed by atoms with van der Waals surface area (Å²) in [6.07, 6.45) is 2.15. The predicted octanol–water partition coefficient (Wildman–Crippen LogP) is 2.84. The standard InChI is InChI=1S/C18H17NO4/c1-2-18(10-9-16(21)19-17(18)22)13-5-3-12(4-6-13)15-8-7-14(11-20)23-15/h3-8,11H,2,9-10H2,1H3,(H,19,21,22). The van der Waals surface area contributed by atoms with Crippen LogP contribution in [0.5, 0.6) is 0 Å². The summed E-state index contributed by atoms with van der Waals surface area (Å²) >= 11 is 0. The summed E-state index contributed by atoms with van der Waals surface area (Å²) in [5.74, 6) is 0.435. The smallest absolute Gasteiger partial charge is 0.237 e. The molecule has 23 heavy (non-hydrogen) atoms. The molecule has 2 heterocycles. The van der Waals surface area contributed by atoms with Gasteiger partial charge in [0.05, 0.1) is 5.41 Å². The average Bonchev–Trinajstić information content (AvgIpc) is 3.05. The monoisotopic (exact) mass is 311 g/mol. The fourth-order valence-corrected chi connectivity index (χ4v) is 3.09. The van der Waals surface area contributed by atoms with E-state index in [0.29, 0.717) is 31.3 Å². The molecule has 0 spiro atoms. The number of carbonyl (C=O) groups is 3. The Kier molecular flexibility index (Phi) is 3.86. The Bertz CT molecular complexity index is 760. The van der Waals surface area contributed by atoms with Crippen molar-refractivity contribution >= 4 is 18.1 Å². The summed E-state index contributed by atoms with van der Waals surface area (Å²) in [4.78, 5) is 34.5. The summed E-state index contributed by atoms with van der Waals surface area (Å²) in [5, 5.41) is 2.44. The van der Waals surface area contributed by atoms with Crippen LogP contribution in [0.2, 0.25) is 0 Å². The van der Waals surface area contributed by atoms with Crippen molar-refractivity contribution in [2.45, 2.75) is 31.6 Å². The molecule has 1 atom stereocenters. The van der Waals surface area contributed by atoms with Gasteiger partial charge in [0.25, 0.3) is 0 Å². The zero-order chi connectivity index (χ0) is 16.4. The van der Waals surface area contributed by atoms with Gasteiger partial charge in [-0.25, -0.2) is 0 Å². The fourth-order valence-electron chi connectivity index (χ4n) is 3.09. The second-order valence-corrected chi connectivity index (χ2v) is 5.71. The molecular weight excluding hydrogens is 294 g/mol. The number of nitrogens with one attached hydrogen (secondary N) is 1. The Morgan fingerprint density at radius 1 is 1.17 bits per heavy atom. The first kappa shape index (κ1) is 15.2. The first-order chi connectivity index (χ1) is 11.1. The molecule has 1 aromatic carbocycles. The molecule has 1 N–H and O–H groups in total. The quantitative estimate of drug-likeness (QED) is 0.696. The molecule has 2 aromatic rings. The number of carbonyl (C=O) groups excluding carboxylic acids is 3. The van der Waals surface area contributed by atoms with E-state index >= 15 is 0 Å². The lowest BCUT2D eigenvalue weighted by Crippen LogP contribution is -2.51. The summed E-state index contributed by atoms with van der Waals surface area (Å²) in [6.45, 7) is 1.95. The maximum atomic E-state index is 12.4. The highest BCUT2D eigenvalue weighted by molar-refractivity contribution is 6.03.